The van der Waals surface area contributed by atoms with E-state index in [0.29, 0.717) is 30.3 Å². The van der Waals surface area contributed by atoms with E-state index >= 15 is 0 Å². The van der Waals surface area contributed by atoms with Crippen LogP contribution in [-0.4, -0.2) is 47.1 Å². The Hall–Kier alpha value is -2.16. The second-order valence-corrected chi connectivity index (χ2v) is 10.4. The molecule has 0 bridgehead atoms. The van der Waals surface area contributed by atoms with Gasteiger partial charge in [0.15, 0.2) is 5.13 Å². The molecule has 2 N–H and O–H groups in total. The van der Waals surface area contributed by atoms with E-state index in [-0.39, 0.29) is 18.2 Å². The van der Waals surface area contributed by atoms with Crippen LogP contribution in [0.1, 0.15) is 77.8 Å². The van der Waals surface area contributed by atoms with E-state index in [1.807, 2.05) is 26.2 Å². The summed E-state index contributed by atoms with van der Waals surface area (Å²) >= 11 is 1.39. The number of carbonyl (C=O) groups excluding carboxylic acids is 3. The molecule has 0 atom stereocenters. The molecule has 172 valence electrons. The standard InChI is InChI=1S/C22H34N4O4S/c1-21(2,3)30-20(29)25-22(10-6-4-5-7-11-22)15-23-17(27)13-16-14-31-19(24-16)26-12-8-9-18(26)28/h14H,4-13,15H2,1-3H3,(H,23,27)(H,25,29). The van der Waals surface area contributed by atoms with Gasteiger partial charge in [-0.3, -0.25) is 14.5 Å². The first kappa shape index (κ1) is 23.5. The predicted molar refractivity (Wildman–Crippen MR) is 120 cm³/mol. The molecule has 1 aliphatic carbocycles. The van der Waals surface area contributed by atoms with Crippen LogP contribution in [0.25, 0.3) is 0 Å². The maximum Gasteiger partial charge on any atom is 0.408 e. The SMILES string of the molecule is CC(C)(C)OC(=O)NC1(CNC(=O)Cc2csc(N3CCCC3=O)n2)CCCCCC1. The normalized spacial score (nSPS) is 19.1. The summed E-state index contributed by atoms with van der Waals surface area (Å²) in [5.74, 6) is -0.0481. The van der Waals surface area contributed by atoms with Gasteiger partial charge < -0.3 is 15.4 Å². The van der Waals surface area contributed by atoms with E-state index in [1.165, 1.54) is 11.3 Å². The second kappa shape index (κ2) is 9.97. The smallest absolute Gasteiger partial charge is 0.408 e. The van der Waals surface area contributed by atoms with Gasteiger partial charge in [-0.1, -0.05) is 25.7 Å². The molecule has 2 aliphatic rings. The van der Waals surface area contributed by atoms with Gasteiger partial charge in [0.2, 0.25) is 11.8 Å². The van der Waals surface area contributed by atoms with Crippen molar-refractivity contribution in [1.82, 2.24) is 15.6 Å². The van der Waals surface area contributed by atoms with Crippen molar-refractivity contribution < 1.29 is 19.1 Å². The van der Waals surface area contributed by atoms with Crippen molar-refractivity contribution in [1.29, 1.82) is 0 Å². The van der Waals surface area contributed by atoms with E-state index in [1.54, 1.807) is 4.90 Å². The molecule has 2 heterocycles. The highest BCUT2D eigenvalue weighted by Gasteiger charge is 2.34. The van der Waals surface area contributed by atoms with Gasteiger partial charge in [-0.15, -0.1) is 11.3 Å². The molecule has 1 aliphatic heterocycles. The molecule has 2 fully saturated rings. The lowest BCUT2D eigenvalue weighted by atomic mass is 9.90. The third-order valence-corrected chi connectivity index (χ3v) is 6.55. The summed E-state index contributed by atoms with van der Waals surface area (Å²) in [4.78, 5) is 43.1. The summed E-state index contributed by atoms with van der Waals surface area (Å²) in [6, 6.07) is 0. The Morgan fingerprint density at radius 3 is 2.52 bits per heavy atom. The average molecular weight is 451 g/mol. The van der Waals surface area contributed by atoms with Gasteiger partial charge in [0.05, 0.1) is 17.7 Å². The van der Waals surface area contributed by atoms with Gasteiger partial charge in [0.25, 0.3) is 0 Å². The maximum atomic E-state index is 12.6. The molecule has 3 amide bonds. The lowest BCUT2D eigenvalue weighted by molar-refractivity contribution is -0.121. The average Bonchev–Trinajstić information content (AvgIpc) is 3.23. The Balaban J connectivity index is 1.57. The molecule has 3 rings (SSSR count). The monoisotopic (exact) mass is 450 g/mol. The molecule has 0 unspecified atom stereocenters. The van der Waals surface area contributed by atoms with Gasteiger partial charge in [0, 0.05) is 24.9 Å². The molecule has 0 aromatic carbocycles. The zero-order valence-corrected chi connectivity index (χ0v) is 19.6. The van der Waals surface area contributed by atoms with E-state index in [0.717, 1.165) is 44.9 Å². The molecule has 1 aromatic heterocycles. The molecule has 0 radical (unpaired) electrons. The van der Waals surface area contributed by atoms with E-state index < -0.39 is 17.2 Å². The molecule has 1 saturated carbocycles. The minimum atomic E-state index is -0.571. The second-order valence-electron chi connectivity index (χ2n) is 9.55. The van der Waals surface area contributed by atoms with Gasteiger partial charge in [0.1, 0.15) is 5.60 Å². The molecule has 9 heteroatoms. The predicted octanol–water partition coefficient (Wildman–Crippen LogP) is 3.55. The summed E-state index contributed by atoms with van der Waals surface area (Å²) in [5.41, 5.74) is -0.408. The van der Waals surface area contributed by atoms with Crippen LogP contribution >= 0.6 is 11.3 Å². The van der Waals surface area contributed by atoms with Crippen molar-refractivity contribution in [3.63, 3.8) is 0 Å². The Bertz CT molecular complexity index is 794. The van der Waals surface area contributed by atoms with Crippen molar-refractivity contribution in [2.75, 3.05) is 18.0 Å². The van der Waals surface area contributed by atoms with E-state index in [9.17, 15) is 14.4 Å². The van der Waals surface area contributed by atoms with Gasteiger partial charge in [-0.2, -0.15) is 0 Å². The maximum absolute atomic E-state index is 12.6. The number of alkyl carbamates (subject to hydrolysis) is 1. The number of thiazole rings is 1. The highest BCUT2D eigenvalue weighted by atomic mass is 32.1. The highest BCUT2D eigenvalue weighted by molar-refractivity contribution is 7.14. The van der Waals surface area contributed by atoms with Gasteiger partial charge in [-0.25, -0.2) is 9.78 Å². The van der Waals surface area contributed by atoms with E-state index in [2.05, 4.69) is 15.6 Å². The largest absolute Gasteiger partial charge is 0.444 e. The lowest BCUT2D eigenvalue weighted by Gasteiger charge is -2.35. The van der Waals surface area contributed by atoms with Crippen molar-refractivity contribution in [2.24, 2.45) is 0 Å². The van der Waals surface area contributed by atoms with E-state index in [4.69, 9.17) is 4.74 Å². The van der Waals surface area contributed by atoms with Crippen LogP contribution in [0.5, 0.6) is 0 Å². The number of anilines is 1. The Morgan fingerprint density at radius 1 is 1.19 bits per heavy atom. The summed E-state index contributed by atoms with van der Waals surface area (Å²) in [7, 11) is 0. The van der Waals surface area contributed by atoms with Crippen LogP contribution in [0.2, 0.25) is 0 Å². The van der Waals surface area contributed by atoms with Gasteiger partial charge >= 0.3 is 6.09 Å². The number of amides is 3. The van der Waals surface area contributed by atoms with Crippen LogP contribution in [0.4, 0.5) is 9.93 Å². The summed E-state index contributed by atoms with van der Waals surface area (Å²) in [5, 5.41) is 8.56. The van der Waals surface area contributed by atoms with Crippen LogP contribution in [0.3, 0.4) is 0 Å². The number of hydrogen-bond acceptors (Lipinski definition) is 6. The number of nitrogens with zero attached hydrogens (tertiary/aromatic N) is 2. The Labute approximate surface area is 188 Å². The lowest BCUT2D eigenvalue weighted by Crippen LogP contribution is -2.56. The molecule has 8 nitrogen and oxygen atoms in total. The van der Waals surface area contributed by atoms with Crippen LogP contribution in [0, 0.1) is 0 Å². The first-order valence-corrected chi connectivity index (χ1v) is 12.1. The van der Waals surface area contributed by atoms with Crippen molar-refractivity contribution >= 4 is 34.4 Å². The zero-order valence-electron chi connectivity index (χ0n) is 18.8. The van der Waals surface area contributed by atoms with Crippen LogP contribution in [0.15, 0.2) is 5.38 Å². The number of nitrogens with one attached hydrogen (secondary N) is 2. The quantitative estimate of drug-likeness (QED) is 0.646. The molecular weight excluding hydrogens is 416 g/mol. The third kappa shape index (κ3) is 6.92. The molecule has 0 spiro atoms. The molecular formula is C22H34N4O4S. The topological polar surface area (TPSA) is 101 Å². The minimum Gasteiger partial charge on any atom is -0.444 e. The highest BCUT2D eigenvalue weighted by Crippen LogP contribution is 2.28. The Kier molecular flexibility index (Phi) is 7.56. The summed E-state index contributed by atoms with van der Waals surface area (Å²) < 4.78 is 5.47. The van der Waals surface area contributed by atoms with Crippen molar-refractivity contribution in [3.8, 4) is 0 Å². The molecule has 1 saturated heterocycles. The first-order valence-electron chi connectivity index (χ1n) is 11.2. The fourth-order valence-electron chi connectivity index (χ4n) is 4.12. The number of ether oxygens (including phenoxy) is 1. The zero-order chi connectivity index (χ0) is 22.5. The Morgan fingerprint density at radius 2 is 1.90 bits per heavy atom. The summed E-state index contributed by atoms with van der Waals surface area (Å²) in [6.45, 7) is 6.58. The van der Waals surface area contributed by atoms with Crippen molar-refractivity contribution in [2.45, 2.75) is 89.7 Å². The number of rotatable bonds is 6. The third-order valence-electron chi connectivity index (χ3n) is 5.64. The fourth-order valence-corrected chi connectivity index (χ4v) is 4.99. The molecule has 31 heavy (non-hydrogen) atoms. The summed E-state index contributed by atoms with van der Waals surface area (Å²) in [6.07, 6.45) is 7.00. The van der Waals surface area contributed by atoms with Gasteiger partial charge in [-0.05, 0) is 40.0 Å². The van der Waals surface area contributed by atoms with Crippen LogP contribution < -0.4 is 15.5 Å². The van der Waals surface area contributed by atoms with Crippen molar-refractivity contribution in [3.05, 3.63) is 11.1 Å². The minimum absolute atomic E-state index is 0.0916. The fraction of sp³-hybridized carbons (Fsp3) is 0.727. The number of carbonyl (C=O) groups is 3. The number of hydrogen-bond donors (Lipinski definition) is 2. The van der Waals surface area contributed by atoms with Crippen LogP contribution in [-0.2, 0) is 20.7 Å². The molecule has 1 aromatic rings. The first-order chi connectivity index (χ1) is 14.7. The number of aromatic nitrogens is 1.